The van der Waals surface area contributed by atoms with E-state index in [2.05, 4.69) is 5.32 Å². The van der Waals surface area contributed by atoms with Gasteiger partial charge in [0.1, 0.15) is 11.6 Å². The number of benzene rings is 1. The molecule has 4 nitrogen and oxygen atoms in total. The fourth-order valence-corrected chi connectivity index (χ4v) is 3.63. The lowest BCUT2D eigenvalue weighted by Crippen LogP contribution is -2.42. The zero-order valence-corrected chi connectivity index (χ0v) is 12.7. The maximum absolute atomic E-state index is 13.7. The Bertz CT molecular complexity index is 680. The van der Waals surface area contributed by atoms with Crippen LogP contribution < -0.4 is 5.32 Å². The van der Waals surface area contributed by atoms with Gasteiger partial charge >= 0.3 is 0 Å². The number of furan rings is 1. The van der Waals surface area contributed by atoms with Gasteiger partial charge in [0.15, 0.2) is 5.76 Å². The van der Waals surface area contributed by atoms with Crippen molar-refractivity contribution in [3.63, 3.8) is 0 Å². The third kappa shape index (κ3) is 3.18. The van der Waals surface area contributed by atoms with Crippen LogP contribution in [0.2, 0.25) is 0 Å². The van der Waals surface area contributed by atoms with Gasteiger partial charge in [0.25, 0.3) is 5.91 Å². The summed E-state index contributed by atoms with van der Waals surface area (Å²) in [5.41, 5.74) is -0.534. The molecule has 0 aliphatic carbocycles. The highest BCUT2D eigenvalue weighted by atomic mass is 32.2. The molecule has 1 unspecified atom stereocenters. The van der Waals surface area contributed by atoms with E-state index in [1.807, 2.05) is 0 Å². The second-order valence-electron chi connectivity index (χ2n) is 5.35. The number of carbonyl (C=O) groups excluding carboxylic acids is 1. The Balaban J connectivity index is 1.68. The first-order chi connectivity index (χ1) is 10.6. The number of aliphatic hydroxyl groups is 1. The molecule has 1 aromatic carbocycles. The van der Waals surface area contributed by atoms with Crippen LogP contribution in [0.1, 0.15) is 17.0 Å². The van der Waals surface area contributed by atoms with Gasteiger partial charge in [0.05, 0.1) is 11.2 Å². The second-order valence-corrected chi connectivity index (χ2v) is 6.46. The molecule has 1 atom stereocenters. The van der Waals surface area contributed by atoms with Crippen LogP contribution >= 0.6 is 11.8 Å². The van der Waals surface area contributed by atoms with Crippen molar-refractivity contribution in [2.75, 3.05) is 18.1 Å². The highest BCUT2D eigenvalue weighted by Gasteiger charge is 2.32. The molecule has 116 valence electrons. The summed E-state index contributed by atoms with van der Waals surface area (Å²) < 4.78 is 19.1. The van der Waals surface area contributed by atoms with E-state index in [0.29, 0.717) is 23.5 Å². The number of nitrogens with one attached hydrogen (secondary N) is 1. The average Bonchev–Trinajstić information content (AvgIpc) is 3.15. The molecule has 1 saturated heterocycles. The first-order valence-corrected chi connectivity index (χ1v) is 8.16. The van der Waals surface area contributed by atoms with Crippen LogP contribution in [0.5, 0.6) is 0 Å². The van der Waals surface area contributed by atoms with E-state index >= 15 is 0 Å². The van der Waals surface area contributed by atoms with Crippen LogP contribution in [0.3, 0.4) is 0 Å². The van der Waals surface area contributed by atoms with Crippen LogP contribution in [0.4, 0.5) is 4.39 Å². The first-order valence-electron chi connectivity index (χ1n) is 7.00. The summed E-state index contributed by atoms with van der Waals surface area (Å²) in [6.45, 7) is 0.189. The molecular weight excluding hydrogens is 305 g/mol. The Morgan fingerprint density at radius 2 is 2.18 bits per heavy atom. The predicted molar refractivity (Wildman–Crippen MR) is 83.3 cm³/mol. The van der Waals surface area contributed by atoms with Gasteiger partial charge in [-0.25, -0.2) is 4.39 Å². The summed E-state index contributed by atoms with van der Waals surface area (Å²) in [6, 6.07) is 9.29. The summed E-state index contributed by atoms with van der Waals surface area (Å²) in [5, 5.41) is 12.9. The number of halogens is 1. The van der Waals surface area contributed by atoms with Crippen LogP contribution in [0, 0.1) is 5.82 Å². The molecule has 1 aromatic heterocycles. The molecule has 0 radical (unpaired) electrons. The molecule has 1 aliphatic heterocycles. The van der Waals surface area contributed by atoms with E-state index in [-0.39, 0.29) is 12.3 Å². The Morgan fingerprint density at radius 1 is 1.36 bits per heavy atom. The van der Waals surface area contributed by atoms with Gasteiger partial charge in [-0.1, -0.05) is 12.1 Å². The highest BCUT2D eigenvalue weighted by Crippen LogP contribution is 2.27. The molecule has 2 aromatic rings. The van der Waals surface area contributed by atoms with Crippen molar-refractivity contribution in [1.82, 2.24) is 5.32 Å². The largest absolute Gasteiger partial charge is 0.451 e. The summed E-state index contributed by atoms with van der Waals surface area (Å²) in [6.07, 6.45) is 0.663. The lowest BCUT2D eigenvalue weighted by Gasteiger charge is -2.21. The zero-order chi connectivity index (χ0) is 15.6. The molecule has 0 spiro atoms. The van der Waals surface area contributed by atoms with Gasteiger partial charge in [0, 0.05) is 12.3 Å². The van der Waals surface area contributed by atoms with E-state index in [4.69, 9.17) is 4.42 Å². The van der Waals surface area contributed by atoms with Crippen molar-refractivity contribution in [2.24, 2.45) is 0 Å². The maximum atomic E-state index is 13.7. The second kappa shape index (κ2) is 6.14. The van der Waals surface area contributed by atoms with Crippen molar-refractivity contribution in [3.8, 4) is 11.3 Å². The van der Waals surface area contributed by atoms with Crippen molar-refractivity contribution >= 4 is 17.7 Å². The number of thioether (sulfide) groups is 1. The van der Waals surface area contributed by atoms with E-state index in [9.17, 15) is 14.3 Å². The molecule has 0 bridgehead atoms. The first kappa shape index (κ1) is 15.1. The fourth-order valence-electron chi connectivity index (χ4n) is 2.33. The van der Waals surface area contributed by atoms with Gasteiger partial charge in [-0.3, -0.25) is 4.79 Å². The standard InChI is InChI=1S/C16H16FNO3S/c17-12-4-2-1-3-11(12)13-5-6-14(21-13)15(19)18-9-16(20)7-8-22-10-16/h1-6,20H,7-10H2,(H,18,19). The predicted octanol–water partition coefficient (Wildman–Crippen LogP) is 2.68. The molecule has 2 heterocycles. The Kier molecular flexibility index (Phi) is 4.22. The summed E-state index contributed by atoms with van der Waals surface area (Å²) in [7, 11) is 0. The maximum Gasteiger partial charge on any atom is 0.287 e. The smallest absolute Gasteiger partial charge is 0.287 e. The Labute approximate surface area is 131 Å². The molecule has 22 heavy (non-hydrogen) atoms. The summed E-state index contributed by atoms with van der Waals surface area (Å²) >= 11 is 1.67. The zero-order valence-electron chi connectivity index (χ0n) is 11.8. The van der Waals surface area contributed by atoms with E-state index in [1.54, 1.807) is 36.0 Å². The van der Waals surface area contributed by atoms with Gasteiger partial charge in [-0.15, -0.1) is 0 Å². The topological polar surface area (TPSA) is 62.5 Å². The summed E-state index contributed by atoms with van der Waals surface area (Å²) in [4.78, 5) is 12.1. The molecule has 3 rings (SSSR count). The van der Waals surface area contributed by atoms with Gasteiger partial charge in [-0.05, 0) is 36.4 Å². The molecule has 1 fully saturated rings. The Hall–Kier alpha value is -1.79. The number of hydrogen-bond acceptors (Lipinski definition) is 4. The normalized spacial score (nSPS) is 21.0. The van der Waals surface area contributed by atoms with Crippen molar-refractivity contribution in [3.05, 3.63) is 48.0 Å². The SMILES string of the molecule is O=C(NCC1(O)CCSC1)c1ccc(-c2ccccc2F)o1. The van der Waals surface area contributed by atoms with E-state index in [0.717, 1.165) is 5.75 Å². The third-order valence-corrected chi connectivity index (χ3v) is 4.86. The lowest BCUT2D eigenvalue weighted by molar-refractivity contribution is 0.0603. The molecule has 1 aliphatic rings. The van der Waals surface area contributed by atoms with Crippen molar-refractivity contribution in [1.29, 1.82) is 0 Å². The molecule has 1 amide bonds. The fraction of sp³-hybridized carbons (Fsp3) is 0.312. The monoisotopic (exact) mass is 321 g/mol. The molecular formula is C16H16FNO3S. The van der Waals surface area contributed by atoms with Crippen molar-refractivity contribution in [2.45, 2.75) is 12.0 Å². The van der Waals surface area contributed by atoms with Gasteiger partial charge < -0.3 is 14.8 Å². The minimum atomic E-state index is -0.846. The van der Waals surface area contributed by atoms with Gasteiger partial charge in [-0.2, -0.15) is 11.8 Å². The molecule has 0 saturated carbocycles. The quantitative estimate of drug-likeness (QED) is 0.909. The van der Waals surface area contributed by atoms with Crippen molar-refractivity contribution < 1.29 is 18.7 Å². The number of hydrogen-bond donors (Lipinski definition) is 2. The van der Waals surface area contributed by atoms with Crippen LogP contribution in [-0.4, -0.2) is 34.7 Å². The minimum absolute atomic E-state index is 0.104. The minimum Gasteiger partial charge on any atom is -0.451 e. The van der Waals surface area contributed by atoms with Crippen LogP contribution in [0.15, 0.2) is 40.8 Å². The number of amides is 1. The van der Waals surface area contributed by atoms with E-state index < -0.39 is 17.3 Å². The summed E-state index contributed by atoms with van der Waals surface area (Å²) in [5.74, 6) is 1.11. The molecule has 6 heteroatoms. The van der Waals surface area contributed by atoms with Gasteiger partial charge in [0.2, 0.25) is 0 Å². The lowest BCUT2D eigenvalue weighted by atomic mass is 10.0. The number of rotatable bonds is 4. The van der Waals surface area contributed by atoms with Crippen LogP contribution in [0.25, 0.3) is 11.3 Å². The number of carbonyl (C=O) groups is 1. The van der Waals surface area contributed by atoms with E-state index in [1.165, 1.54) is 12.1 Å². The third-order valence-electron chi connectivity index (χ3n) is 3.63. The molecule has 2 N–H and O–H groups in total. The highest BCUT2D eigenvalue weighted by molar-refractivity contribution is 7.99. The van der Waals surface area contributed by atoms with Crippen LogP contribution in [-0.2, 0) is 0 Å². The Morgan fingerprint density at radius 3 is 2.91 bits per heavy atom. The average molecular weight is 321 g/mol.